The lowest BCUT2D eigenvalue weighted by Gasteiger charge is -2.23. The molecule has 0 amide bonds. The minimum atomic E-state index is 0.107. The van der Waals surface area contributed by atoms with Crippen molar-refractivity contribution in [3.8, 4) is 0 Å². The molecule has 0 aliphatic carbocycles. The van der Waals surface area contributed by atoms with Crippen molar-refractivity contribution in [2.24, 2.45) is 12.5 Å². The number of aromatic nitrogens is 2. The fraction of sp³-hybridized carbons (Fsp3) is 0.583. The van der Waals surface area contributed by atoms with E-state index >= 15 is 0 Å². The minimum Gasteiger partial charge on any atom is -0.384 e. The van der Waals surface area contributed by atoms with Crippen molar-refractivity contribution in [3.63, 3.8) is 0 Å². The molecular weight excluding hydrogens is 186 g/mol. The monoisotopic (exact) mass is 207 g/mol. The van der Waals surface area contributed by atoms with Gasteiger partial charge in [-0.2, -0.15) is 5.10 Å². The van der Waals surface area contributed by atoms with Gasteiger partial charge in [-0.1, -0.05) is 27.4 Å². The Morgan fingerprint density at radius 3 is 2.53 bits per heavy atom. The highest BCUT2D eigenvalue weighted by atomic mass is 15.3. The smallest absolute Gasteiger partial charge is 0.0542 e. The third-order valence-corrected chi connectivity index (χ3v) is 2.73. The standard InChI is InChI=1S/C12H21N3/c1-9-11(8-14-15(9)6)7-13-10(2)12(3,4)5/h8,13H,2,7H2,1,3-6H3. The van der Waals surface area contributed by atoms with Gasteiger partial charge >= 0.3 is 0 Å². The first kappa shape index (κ1) is 11.8. The van der Waals surface area contributed by atoms with Crippen LogP contribution in [0.5, 0.6) is 0 Å². The minimum absolute atomic E-state index is 0.107. The lowest BCUT2D eigenvalue weighted by atomic mass is 9.93. The molecule has 3 heteroatoms. The van der Waals surface area contributed by atoms with Crippen LogP contribution in [0, 0.1) is 12.3 Å². The number of aryl methyl sites for hydroxylation is 1. The first-order valence-corrected chi connectivity index (χ1v) is 5.23. The number of nitrogens with one attached hydrogen (secondary N) is 1. The van der Waals surface area contributed by atoms with Crippen LogP contribution < -0.4 is 5.32 Å². The largest absolute Gasteiger partial charge is 0.384 e. The Morgan fingerprint density at radius 2 is 2.13 bits per heavy atom. The van der Waals surface area contributed by atoms with Gasteiger partial charge in [-0.3, -0.25) is 4.68 Å². The molecule has 84 valence electrons. The second-order valence-electron chi connectivity index (χ2n) is 4.96. The van der Waals surface area contributed by atoms with Gasteiger partial charge in [0, 0.05) is 36.0 Å². The lowest BCUT2D eigenvalue weighted by Crippen LogP contribution is -2.23. The third-order valence-electron chi connectivity index (χ3n) is 2.73. The molecule has 0 radical (unpaired) electrons. The van der Waals surface area contributed by atoms with E-state index in [-0.39, 0.29) is 5.41 Å². The van der Waals surface area contributed by atoms with E-state index in [4.69, 9.17) is 0 Å². The summed E-state index contributed by atoms with van der Waals surface area (Å²) >= 11 is 0. The number of nitrogens with zero attached hydrogens (tertiary/aromatic N) is 2. The van der Waals surface area contributed by atoms with Crippen LogP contribution in [0.2, 0.25) is 0 Å². The Kier molecular flexibility index (Phi) is 3.22. The molecule has 0 spiro atoms. The van der Waals surface area contributed by atoms with Crippen molar-refractivity contribution < 1.29 is 0 Å². The highest BCUT2D eigenvalue weighted by Crippen LogP contribution is 2.21. The summed E-state index contributed by atoms with van der Waals surface area (Å²) in [5.41, 5.74) is 3.59. The molecule has 0 atom stereocenters. The summed E-state index contributed by atoms with van der Waals surface area (Å²) < 4.78 is 1.89. The number of hydrogen-bond donors (Lipinski definition) is 1. The van der Waals surface area contributed by atoms with E-state index in [1.807, 2.05) is 17.9 Å². The van der Waals surface area contributed by atoms with Crippen molar-refractivity contribution >= 4 is 0 Å². The summed E-state index contributed by atoms with van der Waals surface area (Å²) in [6.45, 7) is 13.4. The van der Waals surface area contributed by atoms with Crippen LogP contribution >= 0.6 is 0 Å². The Labute approximate surface area is 92.2 Å². The van der Waals surface area contributed by atoms with Crippen LogP contribution in [-0.4, -0.2) is 9.78 Å². The molecule has 0 aromatic carbocycles. The van der Waals surface area contributed by atoms with Crippen molar-refractivity contribution in [1.82, 2.24) is 15.1 Å². The Morgan fingerprint density at radius 1 is 1.53 bits per heavy atom. The van der Waals surface area contributed by atoms with Gasteiger partial charge in [0.25, 0.3) is 0 Å². The molecule has 1 aromatic heterocycles. The van der Waals surface area contributed by atoms with Gasteiger partial charge < -0.3 is 5.32 Å². The van der Waals surface area contributed by atoms with E-state index in [0.29, 0.717) is 0 Å². The highest BCUT2D eigenvalue weighted by Gasteiger charge is 2.14. The maximum Gasteiger partial charge on any atom is 0.0542 e. The average molecular weight is 207 g/mol. The predicted octanol–water partition coefficient (Wildman–Crippen LogP) is 2.38. The maximum absolute atomic E-state index is 4.20. The van der Waals surface area contributed by atoms with Gasteiger partial charge in [0.15, 0.2) is 0 Å². The van der Waals surface area contributed by atoms with Crippen LogP contribution in [0.15, 0.2) is 18.5 Å². The lowest BCUT2D eigenvalue weighted by molar-refractivity contribution is 0.461. The van der Waals surface area contributed by atoms with E-state index < -0.39 is 0 Å². The molecule has 0 saturated heterocycles. The molecule has 1 rings (SSSR count). The quantitative estimate of drug-likeness (QED) is 0.824. The van der Waals surface area contributed by atoms with Crippen LogP contribution in [0.1, 0.15) is 32.0 Å². The number of allylic oxidation sites excluding steroid dienone is 1. The van der Waals surface area contributed by atoms with E-state index in [1.165, 1.54) is 11.3 Å². The van der Waals surface area contributed by atoms with Crippen LogP contribution in [0.3, 0.4) is 0 Å². The summed E-state index contributed by atoms with van der Waals surface area (Å²) in [5.74, 6) is 0. The molecule has 0 unspecified atom stereocenters. The predicted molar refractivity (Wildman–Crippen MR) is 63.4 cm³/mol. The van der Waals surface area contributed by atoms with Crippen molar-refractivity contribution in [2.75, 3.05) is 0 Å². The SMILES string of the molecule is C=C(NCc1cnn(C)c1C)C(C)(C)C. The van der Waals surface area contributed by atoms with Gasteiger partial charge in [-0.15, -0.1) is 0 Å². The number of rotatable bonds is 3. The van der Waals surface area contributed by atoms with Gasteiger partial charge in [0.1, 0.15) is 0 Å². The van der Waals surface area contributed by atoms with E-state index in [9.17, 15) is 0 Å². The summed E-state index contributed by atoms with van der Waals surface area (Å²) in [6.07, 6.45) is 1.90. The van der Waals surface area contributed by atoms with E-state index in [0.717, 1.165) is 12.2 Å². The first-order chi connectivity index (χ1) is 6.82. The molecule has 1 aromatic rings. The van der Waals surface area contributed by atoms with Gasteiger partial charge in [-0.25, -0.2) is 0 Å². The molecule has 0 aliphatic rings. The van der Waals surface area contributed by atoms with Crippen LogP contribution in [-0.2, 0) is 13.6 Å². The normalized spacial score (nSPS) is 11.5. The molecule has 0 saturated carbocycles. The van der Waals surface area contributed by atoms with E-state index in [1.54, 1.807) is 0 Å². The summed E-state index contributed by atoms with van der Waals surface area (Å²) in [7, 11) is 1.96. The Bertz CT molecular complexity index is 355. The zero-order valence-corrected chi connectivity index (χ0v) is 10.4. The summed E-state index contributed by atoms with van der Waals surface area (Å²) in [6, 6.07) is 0. The molecule has 0 aliphatic heterocycles. The van der Waals surface area contributed by atoms with Gasteiger partial charge in [-0.05, 0) is 6.92 Å². The van der Waals surface area contributed by atoms with Crippen molar-refractivity contribution in [3.05, 3.63) is 29.7 Å². The molecule has 1 heterocycles. The van der Waals surface area contributed by atoms with E-state index in [2.05, 4.69) is 44.7 Å². The third kappa shape index (κ3) is 2.85. The highest BCUT2D eigenvalue weighted by molar-refractivity contribution is 5.17. The molecule has 0 fully saturated rings. The Balaban J connectivity index is 2.59. The second kappa shape index (κ2) is 4.09. The maximum atomic E-state index is 4.20. The topological polar surface area (TPSA) is 29.9 Å². The molecule has 15 heavy (non-hydrogen) atoms. The fourth-order valence-electron chi connectivity index (χ4n) is 1.18. The molecular formula is C12H21N3. The zero-order valence-electron chi connectivity index (χ0n) is 10.4. The molecule has 1 N–H and O–H groups in total. The first-order valence-electron chi connectivity index (χ1n) is 5.23. The van der Waals surface area contributed by atoms with Crippen molar-refractivity contribution in [1.29, 1.82) is 0 Å². The molecule has 3 nitrogen and oxygen atoms in total. The average Bonchev–Trinajstić information content (AvgIpc) is 2.43. The summed E-state index contributed by atoms with van der Waals surface area (Å²) in [4.78, 5) is 0. The number of hydrogen-bond acceptors (Lipinski definition) is 2. The van der Waals surface area contributed by atoms with Crippen LogP contribution in [0.25, 0.3) is 0 Å². The van der Waals surface area contributed by atoms with Gasteiger partial charge in [0.2, 0.25) is 0 Å². The zero-order chi connectivity index (χ0) is 11.6. The van der Waals surface area contributed by atoms with Crippen molar-refractivity contribution in [2.45, 2.75) is 34.2 Å². The molecule has 0 bridgehead atoms. The second-order valence-corrected chi connectivity index (χ2v) is 4.96. The van der Waals surface area contributed by atoms with Crippen LogP contribution in [0.4, 0.5) is 0 Å². The fourth-order valence-corrected chi connectivity index (χ4v) is 1.18. The van der Waals surface area contributed by atoms with Gasteiger partial charge in [0.05, 0.1) is 6.20 Å². The Hall–Kier alpha value is -1.25. The summed E-state index contributed by atoms with van der Waals surface area (Å²) in [5, 5.41) is 7.55.